The molecule has 0 bridgehead atoms. The van der Waals surface area contributed by atoms with E-state index in [4.69, 9.17) is 11.6 Å². The van der Waals surface area contributed by atoms with Gasteiger partial charge in [-0.2, -0.15) is 9.78 Å². The lowest BCUT2D eigenvalue weighted by Crippen LogP contribution is -2.25. The minimum atomic E-state index is -0.580. The van der Waals surface area contributed by atoms with Crippen molar-refractivity contribution in [3.05, 3.63) is 68.8 Å². The third kappa shape index (κ3) is 3.17. The van der Waals surface area contributed by atoms with E-state index in [9.17, 15) is 14.3 Å². The number of hydrogen-bond acceptors (Lipinski definition) is 3. The molecule has 0 spiro atoms. The van der Waals surface area contributed by atoms with Crippen LogP contribution in [0.5, 0.6) is 0 Å². The molecule has 1 aromatic heterocycles. The van der Waals surface area contributed by atoms with Crippen LogP contribution in [-0.2, 0) is 13.0 Å². The van der Waals surface area contributed by atoms with Crippen molar-refractivity contribution in [2.45, 2.75) is 32.8 Å². The first-order valence-corrected chi connectivity index (χ1v) is 8.55. The zero-order valence-electron chi connectivity index (χ0n) is 13.8. The van der Waals surface area contributed by atoms with Gasteiger partial charge in [-0.1, -0.05) is 43.1 Å². The largest absolute Gasteiger partial charge is 0.392 e. The fourth-order valence-corrected chi connectivity index (χ4v) is 3.13. The molecule has 0 aliphatic heterocycles. The highest BCUT2D eigenvalue weighted by atomic mass is 35.5. The van der Waals surface area contributed by atoms with Crippen LogP contribution in [0.2, 0.25) is 5.02 Å². The average Bonchev–Trinajstić information content (AvgIpc) is 2.61. The van der Waals surface area contributed by atoms with E-state index in [1.807, 2.05) is 0 Å². The van der Waals surface area contributed by atoms with Crippen LogP contribution in [0.15, 0.2) is 41.2 Å². The van der Waals surface area contributed by atoms with Crippen LogP contribution >= 0.6 is 11.6 Å². The molecule has 130 valence electrons. The molecule has 0 amide bonds. The number of halogens is 2. The number of aliphatic hydroxyl groups is 1. The van der Waals surface area contributed by atoms with E-state index in [2.05, 4.69) is 12.0 Å². The molecule has 0 unspecified atom stereocenters. The van der Waals surface area contributed by atoms with Crippen molar-refractivity contribution in [1.29, 1.82) is 0 Å². The van der Waals surface area contributed by atoms with E-state index in [-0.39, 0.29) is 12.0 Å². The number of rotatable bonds is 5. The molecule has 3 aromatic rings. The number of aryl methyl sites for hydroxylation is 1. The number of aliphatic hydroxyl groups excluding tert-OH is 1. The van der Waals surface area contributed by atoms with E-state index >= 15 is 0 Å². The molecule has 3 rings (SSSR count). The number of fused-ring (bicyclic) bond motifs is 1. The summed E-state index contributed by atoms with van der Waals surface area (Å²) < 4.78 is 15.5. The first kappa shape index (κ1) is 17.6. The van der Waals surface area contributed by atoms with Crippen LogP contribution in [-0.4, -0.2) is 14.9 Å². The molecule has 4 nitrogen and oxygen atoms in total. The molecule has 0 atom stereocenters. The Morgan fingerprint density at radius 2 is 2.00 bits per heavy atom. The van der Waals surface area contributed by atoms with Crippen molar-refractivity contribution in [2.24, 2.45) is 0 Å². The lowest BCUT2D eigenvalue weighted by atomic mass is 10.1. The topological polar surface area (TPSA) is 55.1 Å². The average molecular weight is 361 g/mol. The van der Waals surface area contributed by atoms with Gasteiger partial charge < -0.3 is 5.11 Å². The Morgan fingerprint density at radius 3 is 2.72 bits per heavy atom. The normalized spacial score (nSPS) is 11.2. The monoisotopic (exact) mass is 360 g/mol. The van der Waals surface area contributed by atoms with Gasteiger partial charge in [0.05, 0.1) is 23.4 Å². The number of nitrogens with zero attached hydrogens (tertiary/aromatic N) is 2. The zero-order chi connectivity index (χ0) is 18.0. The van der Waals surface area contributed by atoms with E-state index in [0.717, 1.165) is 17.5 Å². The van der Waals surface area contributed by atoms with Gasteiger partial charge in [-0.25, -0.2) is 4.39 Å². The third-order valence-corrected chi connectivity index (χ3v) is 4.55. The van der Waals surface area contributed by atoms with Crippen LogP contribution in [0, 0.1) is 5.82 Å². The molecule has 2 aromatic carbocycles. The van der Waals surface area contributed by atoms with Crippen LogP contribution < -0.4 is 5.56 Å². The van der Waals surface area contributed by atoms with Crippen LogP contribution in [0.4, 0.5) is 4.39 Å². The smallest absolute Gasteiger partial charge is 0.282 e. The van der Waals surface area contributed by atoms with Crippen LogP contribution in [0.25, 0.3) is 16.5 Å². The Hall–Kier alpha value is -2.24. The Morgan fingerprint density at radius 1 is 1.24 bits per heavy atom. The molecule has 1 heterocycles. The molecule has 1 N–H and O–H groups in total. The number of benzene rings is 2. The fraction of sp³-hybridized carbons (Fsp3) is 0.263. The van der Waals surface area contributed by atoms with Gasteiger partial charge in [0.25, 0.3) is 5.56 Å². The van der Waals surface area contributed by atoms with Gasteiger partial charge in [-0.15, -0.1) is 0 Å². The summed E-state index contributed by atoms with van der Waals surface area (Å²) in [4.78, 5) is 12.9. The second kappa shape index (κ2) is 7.33. The summed E-state index contributed by atoms with van der Waals surface area (Å²) >= 11 is 6.13. The predicted molar refractivity (Wildman–Crippen MR) is 96.8 cm³/mol. The Labute approximate surface area is 149 Å². The summed E-state index contributed by atoms with van der Waals surface area (Å²) in [6.45, 7) is 1.71. The third-order valence-electron chi connectivity index (χ3n) is 4.20. The van der Waals surface area contributed by atoms with Gasteiger partial charge in [-0.3, -0.25) is 4.79 Å². The van der Waals surface area contributed by atoms with Gasteiger partial charge in [0.2, 0.25) is 0 Å². The first-order chi connectivity index (χ1) is 12.1. The van der Waals surface area contributed by atoms with Gasteiger partial charge in [0.1, 0.15) is 5.82 Å². The van der Waals surface area contributed by atoms with Gasteiger partial charge in [0, 0.05) is 16.0 Å². The highest BCUT2D eigenvalue weighted by Crippen LogP contribution is 2.24. The fourth-order valence-electron chi connectivity index (χ4n) is 2.90. The lowest BCUT2D eigenvalue weighted by molar-refractivity contribution is 0.281. The summed E-state index contributed by atoms with van der Waals surface area (Å²) in [5.41, 5.74) is 0.837. The highest BCUT2D eigenvalue weighted by molar-refractivity contribution is 6.31. The molecular weight excluding hydrogens is 343 g/mol. The van der Waals surface area contributed by atoms with Crippen molar-refractivity contribution in [2.75, 3.05) is 0 Å². The maximum Gasteiger partial charge on any atom is 0.282 e. The Balaban J connectivity index is 2.37. The molecule has 0 radical (unpaired) electrons. The van der Waals surface area contributed by atoms with E-state index in [0.29, 0.717) is 33.8 Å². The Bertz CT molecular complexity index is 985. The van der Waals surface area contributed by atoms with E-state index in [1.165, 1.54) is 6.07 Å². The molecule has 0 aliphatic rings. The lowest BCUT2D eigenvalue weighted by Gasteiger charge is -2.14. The molecule has 0 aliphatic carbocycles. The second-order valence-corrected chi connectivity index (χ2v) is 6.23. The van der Waals surface area contributed by atoms with Gasteiger partial charge >= 0.3 is 0 Å². The quantitative estimate of drug-likeness (QED) is 0.747. The molecule has 0 saturated carbocycles. The van der Waals surface area contributed by atoms with Crippen molar-refractivity contribution in [3.63, 3.8) is 0 Å². The van der Waals surface area contributed by atoms with Crippen LogP contribution in [0.1, 0.15) is 31.0 Å². The zero-order valence-corrected chi connectivity index (χ0v) is 14.6. The molecule has 0 saturated heterocycles. The summed E-state index contributed by atoms with van der Waals surface area (Å²) in [7, 11) is 0. The van der Waals surface area contributed by atoms with Gasteiger partial charge in [-0.05, 0) is 31.0 Å². The highest BCUT2D eigenvalue weighted by Gasteiger charge is 2.17. The van der Waals surface area contributed by atoms with Crippen molar-refractivity contribution < 1.29 is 9.50 Å². The SMILES string of the molecule is CCCCc1nn(-c2cccc(Cl)c2CO)c(=O)c2c(F)cccc12. The maximum atomic E-state index is 14.4. The number of unbranched alkanes of at least 4 members (excludes halogenated alkanes) is 1. The number of aromatic nitrogens is 2. The minimum Gasteiger partial charge on any atom is -0.392 e. The second-order valence-electron chi connectivity index (χ2n) is 5.83. The van der Waals surface area contributed by atoms with Crippen molar-refractivity contribution in [3.8, 4) is 5.69 Å². The van der Waals surface area contributed by atoms with Crippen molar-refractivity contribution >= 4 is 22.4 Å². The van der Waals surface area contributed by atoms with Crippen LogP contribution in [0.3, 0.4) is 0 Å². The summed E-state index contributed by atoms with van der Waals surface area (Å²) in [5.74, 6) is -0.580. The van der Waals surface area contributed by atoms with Gasteiger partial charge in [0.15, 0.2) is 0 Å². The standard InChI is InChI=1S/C19H18ClFN2O2/c1-2-3-9-16-12-6-4-8-15(21)18(12)19(25)23(22-16)17-10-5-7-14(20)13(17)11-24/h4-8,10,24H,2-3,9,11H2,1H3. The minimum absolute atomic E-state index is 0.00692. The molecule has 6 heteroatoms. The number of hydrogen-bond donors (Lipinski definition) is 1. The molecule has 25 heavy (non-hydrogen) atoms. The first-order valence-electron chi connectivity index (χ1n) is 8.17. The summed E-state index contributed by atoms with van der Waals surface area (Å²) in [5, 5.41) is 15.0. The molecule has 0 fully saturated rings. The summed E-state index contributed by atoms with van der Waals surface area (Å²) in [6, 6.07) is 9.50. The Kier molecular flexibility index (Phi) is 5.16. The predicted octanol–water partition coefficient (Wildman–Crippen LogP) is 4.01. The van der Waals surface area contributed by atoms with Crippen molar-refractivity contribution in [1.82, 2.24) is 9.78 Å². The maximum absolute atomic E-state index is 14.4. The van der Waals surface area contributed by atoms with E-state index in [1.54, 1.807) is 30.3 Å². The molecular formula is C19H18ClFN2O2. The summed E-state index contributed by atoms with van der Waals surface area (Å²) in [6.07, 6.45) is 2.46. The van der Waals surface area contributed by atoms with E-state index < -0.39 is 11.4 Å².